The van der Waals surface area contributed by atoms with Crippen LogP contribution in [0.5, 0.6) is 0 Å². The van der Waals surface area contributed by atoms with E-state index in [2.05, 4.69) is 23.9 Å². The molecule has 0 amide bonds. The van der Waals surface area contributed by atoms with E-state index in [0.717, 1.165) is 45.4 Å². The summed E-state index contributed by atoms with van der Waals surface area (Å²) in [5, 5.41) is 9.30. The number of nitrogens with zero attached hydrogens (tertiary/aromatic N) is 2. The second kappa shape index (κ2) is 6.36. The highest BCUT2D eigenvalue weighted by atomic mass is 16.4. The molecule has 0 aliphatic carbocycles. The summed E-state index contributed by atoms with van der Waals surface area (Å²) in [6.45, 7) is 6.07. The van der Waals surface area contributed by atoms with Gasteiger partial charge in [0.25, 0.3) is 0 Å². The van der Waals surface area contributed by atoms with Gasteiger partial charge in [0.05, 0.1) is 5.41 Å². The van der Waals surface area contributed by atoms with Crippen LogP contribution in [-0.2, 0) is 4.79 Å². The van der Waals surface area contributed by atoms with Crippen molar-refractivity contribution in [1.29, 1.82) is 0 Å². The highest BCUT2D eigenvalue weighted by molar-refractivity contribution is 5.74. The van der Waals surface area contributed by atoms with E-state index >= 15 is 0 Å². The van der Waals surface area contributed by atoms with Gasteiger partial charge in [-0.1, -0.05) is 6.92 Å². The summed E-state index contributed by atoms with van der Waals surface area (Å²) >= 11 is 0. The Morgan fingerprint density at radius 2 is 1.94 bits per heavy atom. The highest BCUT2D eigenvalue weighted by Crippen LogP contribution is 2.35. The molecule has 0 saturated carbocycles. The Hall–Kier alpha value is -0.610. The topological polar surface area (TPSA) is 43.8 Å². The Morgan fingerprint density at radius 1 is 1.35 bits per heavy atom. The Kier molecular flexibility index (Phi) is 5.40. The van der Waals surface area contributed by atoms with E-state index in [9.17, 15) is 9.90 Å². The molecule has 1 saturated heterocycles. The summed E-state index contributed by atoms with van der Waals surface area (Å²) in [6.07, 6.45) is 3.54. The van der Waals surface area contributed by atoms with Crippen molar-refractivity contribution in [3.8, 4) is 0 Å². The molecule has 1 aliphatic heterocycles. The number of likely N-dealkylation sites (tertiary alicyclic amines) is 1. The van der Waals surface area contributed by atoms with Crippen molar-refractivity contribution in [2.24, 2.45) is 5.41 Å². The second-order valence-corrected chi connectivity index (χ2v) is 5.44. The minimum Gasteiger partial charge on any atom is -0.481 e. The molecule has 1 fully saturated rings. The molecule has 0 aromatic heterocycles. The van der Waals surface area contributed by atoms with Gasteiger partial charge in [0.2, 0.25) is 0 Å². The van der Waals surface area contributed by atoms with Crippen LogP contribution in [0.15, 0.2) is 0 Å². The lowest BCUT2D eigenvalue weighted by atomic mass is 9.76. The molecule has 0 spiro atoms. The molecule has 0 aromatic rings. The van der Waals surface area contributed by atoms with Crippen LogP contribution in [-0.4, -0.2) is 61.2 Å². The fourth-order valence-electron chi connectivity index (χ4n) is 2.53. The van der Waals surface area contributed by atoms with Crippen LogP contribution in [0.4, 0.5) is 0 Å². The van der Waals surface area contributed by atoms with Crippen LogP contribution in [0, 0.1) is 5.41 Å². The fourth-order valence-corrected chi connectivity index (χ4v) is 2.53. The number of piperidine rings is 1. The van der Waals surface area contributed by atoms with Gasteiger partial charge in [0.15, 0.2) is 0 Å². The van der Waals surface area contributed by atoms with Gasteiger partial charge >= 0.3 is 5.97 Å². The van der Waals surface area contributed by atoms with Gasteiger partial charge < -0.3 is 14.9 Å². The molecule has 100 valence electrons. The van der Waals surface area contributed by atoms with Crippen LogP contribution in [0.3, 0.4) is 0 Å². The number of hydrogen-bond acceptors (Lipinski definition) is 3. The average Bonchev–Trinajstić information content (AvgIpc) is 2.29. The maximum absolute atomic E-state index is 11.3. The first kappa shape index (κ1) is 14.5. The van der Waals surface area contributed by atoms with E-state index < -0.39 is 11.4 Å². The molecular weight excluding hydrogens is 216 g/mol. The Bertz CT molecular complexity index is 246. The first-order valence-electron chi connectivity index (χ1n) is 6.60. The molecule has 4 nitrogen and oxygen atoms in total. The number of carboxylic acid groups (broad SMARTS) is 1. The van der Waals surface area contributed by atoms with E-state index in [0.29, 0.717) is 0 Å². The summed E-state index contributed by atoms with van der Waals surface area (Å²) in [5.74, 6) is -0.604. The third kappa shape index (κ3) is 3.96. The molecule has 1 N–H and O–H groups in total. The monoisotopic (exact) mass is 242 g/mol. The lowest BCUT2D eigenvalue weighted by Crippen LogP contribution is -2.44. The summed E-state index contributed by atoms with van der Waals surface area (Å²) in [5.41, 5.74) is -0.446. The van der Waals surface area contributed by atoms with Gasteiger partial charge in [-0.25, -0.2) is 0 Å². The summed E-state index contributed by atoms with van der Waals surface area (Å²) < 4.78 is 0. The van der Waals surface area contributed by atoms with Crippen LogP contribution >= 0.6 is 0 Å². The summed E-state index contributed by atoms with van der Waals surface area (Å²) in [4.78, 5) is 15.9. The van der Waals surface area contributed by atoms with E-state index in [-0.39, 0.29) is 0 Å². The zero-order valence-corrected chi connectivity index (χ0v) is 11.4. The van der Waals surface area contributed by atoms with Crippen LogP contribution < -0.4 is 0 Å². The molecule has 1 heterocycles. The van der Waals surface area contributed by atoms with Gasteiger partial charge in [-0.3, -0.25) is 4.79 Å². The zero-order valence-electron chi connectivity index (χ0n) is 11.4. The third-order valence-corrected chi connectivity index (χ3v) is 4.02. The number of carbonyl (C=O) groups is 1. The summed E-state index contributed by atoms with van der Waals surface area (Å²) in [7, 11) is 4.17. The van der Waals surface area contributed by atoms with E-state index in [1.165, 1.54) is 6.42 Å². The van der Waals surface area contributed by atoms with Crippen molar-refractivity contribution in [2.45, 2.75) is 32.6 Å². The van der Waals surface area contributed by atoms with E-state index in [1.807, 2.05) is 6.92 Å². The minimum absolute atomic E-state index is 0.446. The molecule has 0 bridgehead atoms. The fraction of sp³-hybridized carbons (Fsp3) is 0.923. The SMILES string of the molecule is CCC1(C(=O)O)CCN(CCCN(C)C)CC1. The number of aliphatic carboxylic acids is 1. The molecule has 0 aromatic carbocycles. The first-order valence-corrected chi connectivity index (χ1v) is 6.60. The minimum atomic E-state index is -0.604. The van der Waals surface area contributed by atoms with E-state index in [1.54, 1.807) is 0 Å². The number of hydrogen-bond donors (Lipinski definition) is 1. The van der Waals surface area contributed by atoms with Gasteiger partial charge in [-0.05, 0) is 66.0 Å². The molecule has 17 heavy (non-hydrogen) atoms. The number of carboxylic acids is 1. The van der Waals surface area contributed by atoms with Gasteiger partial charge in [0, 0.05) is 0 Å². The quantitative estimate of drug-likeness (QED) is 0.767. The molecular formula is C13H26N2O2. The Morgan fingerprint density at radius 3 is 2.35 bits per heavy atom. The Labute approximate surface area is 105 Å². The lowest BCUT2D eigenvalue weighted by Gasteiger charge is -2.38. The van der Waals surface area contributed by atoms with E-state index in [4.69, 9.17) is 0 Å². The standard InChI is InChI=1S/C13H26N2O2/c1-4-13(12(16)17)6-10-15(11-7-13)9-5-8-14(2)3/h4-11H2,1-3H3,(H,16,17). The number of rotatable bonds is 6. The molecule has 0 unspecified atom stereocenters. The van der Waals surface area contributed by atoms with Crippen LogP contribution in [0.1, 0.15) is 32.6 Å². The smallest absolute Gasteiger partial charge is 0.309 e. The van der Waals surface area contributed by atoms with Crippen molar-refractivity contribution >= 4 is 5.97 Å². The molecule has 4 heteroatoms. The normalized spacial score (nSPS) is 20.7. The zero-order chi connectivity index (χ0) is 12.9. The van der Waals surface area contributed by atoms with Crippen molar-refractivity contribution < 1.29 is 9.90 Å². The molecule has 1 rings (SSSR count). The maximum Gasteiger partial charge on any atom is 0.309 e. The molecule has 0 atom stereocenters. The predicted molar refractivity (Wildman–Crippen MR) is 69.2 cm³/mol. The van der Waals surface area contributed by atoms with Crippen LogP contribution in [0.25, 0.3) is 0 Å². The van der Waals surface area contributed by atoms with Crippen molar-refractivity contribution in [1.82, 2.24) is 9.80 Å². The van der Waals surface area contributed by atoms with Gasteiger partial charge in [-0.15, -0.1) is 0 Å². The van der Waals surface area contributed by atoms with Gasteiger partial charge in [-0.2, -0.15) is 0 Å². The first-order chi connectivity index (χ1) is 8.00. The summed E-state index contributed by atoms with van der Waals surface area (Å²) in [6, 6.07) is 0. The van der Waals surface area contributed by atoms with Crippen molar-refractivity contribution in [3.63, 3.8) is 0 Å². The van der Waals surface area contributed by atoms with Gasteiger partial charge in [0.1, 0.15) is 0 Å². The van der Waals surface area contributed by atoms with Crippen molar-refractivity contribution in [3.05, 3.63) is 0 Å². The van der Waals surface area contributed by atoms with Crippen LogP contribution in [0.2, 0.25) is 0 Å². The average molecular weight is 242 g/mol. The predicted octanol–water partition coefficient (Wildman–Crippen LogP) is 1.51. The highest BCUT2D eigenvalue weighted by Gasteiger charge is 2.39. The third-order valence-electron chi connectivity index (χ3n) is 4.02. The Balaban J connectivity index is 2.32. The maximum atomic E-state index is 11.3. The lowest BCUT2D eigenvalue weighted by molar-refractivity contribution is -0.152. The molecule has 0 radical (unpaired) electrons. The largest absolute Gasteiger partial charge is 0.481 e. The second-order valence-electron chi connectivity index (χ2n) is 5.44. The molecule has 1 aliphatic rings. The van der Waals surface area contributed by atoms with Crippen molar-refractivity contribution in [2.75, 3.05) is 40.3 Å².